The number of rotatable bonds is 5. The van der Waals surface area contributed by atoms with Crippen LogP contribution in [0.15, 0.2) is 0 Å². The smallest absolute Gasteiger partial charge is 0.0626 e. The van der Waals surface area contributed by atoms with E-state index in [-0.39, 0.29) is 5.60 Å². The van der Waals surface area contributed by atoms with Gasteiger partial charge >= 0.3 is 0 Å². The second kappa shape index (κ2) is 4.73. The molecule has 0 saturated carbocycles. The summed E-state index contributed by atoms with van der Waals surface area (Å²) < 4.78 is 5.56. The van der Waals surface area contributed by atoms with Crippen molar-refractivity contribution in [1.82, 2.24) is 0 Å². The van der Waals surface area contributed by atoms with Crippen molar-refractivity contribution in [1.29, 1.82) is 0 Å². The maximum atomic E-state index is 5.56. The first-order valence-corrected chi connectivity index (χ1v) is 4.05. The van der Waals surface area contributed by atoms with Crippen LogP contribution in [0.25, 0.3) is 0 Å². The third kappa shape index (κ3) is 4.80. The molecule has 1 nitrogen and oxygen atoms in total. The Morgan fingerprint density at radius 2 is 2.00 bits per heavy atom. The monoisotopic (exact) mass is 143 g/mol. The van der Waals surface area contributed by atoms with Gasteiger partial charge in [-0.05, 0) is 26.7 Å². The van der Waals surface area contributed by atoms with E-state index in [9.17, 15) is 0 Å². The van der Waals surface area contributed by atoms with Crippen molar-refractivity contribution in [3.63, 3.8) is 0 Å². The van der Waals surface area contributed by atoms with Gasteiger partial charge in [-0.25, -0.2) is 0 Å². The summed E-state index contributed by atoms with van der Waals surface area (Å²) in [4.78, 5) is 0. The molecular formula is C9H19O. The molecule has 0 spiro atoms. The van der Waals surface area contributed by atoms with Gasteiger partial charge in [-0.15, -0.1) is 0 Å². The van der Waals surface area contributed by atoms with E-state index in [1.165, 1.54) is 6.42 Å². The van der Waals surface area contributed by atoms with Crippen molar-refractivity contribution in [3.8, 4) is 0 Å². The quantitative estimate of drug-likeness (QED) is 0.575. The molecule has 1 radical (unpaired) electrons. The molecule has 0 aromatic carbocycles. The van der Waals surface area contributed by atoms with Crippen LogP contribution < -0.4 is 0 Å². The third-order valence-electron chi connectivity index (χ3n) is 1.49. The summed E-state index contributed by atoms with van der Waals surface area (Å²) >= 11 is 0. The summed E-state index contributed by atoms with van der Waals surface area (Å²) in [6.07, 6.45) is 3.18. The van der Waals surface area contributed by atoms with Gasteiger partial charge < -0.3 is 4.74 Å². The van der Waals surface area contributed by atoms with Crippen LogP contribution in [0.2, 0.25) is 0 Å². The van der Waals surface area contributed by atoms with Gasteiger partial charge in [0.05, 0.1) is 5.60 Å². The second-order valence-electron chi connectivity index (χ2n) is 3.21. The molecule has 0 aliphatic carbocycles. The van der Waals surface area contributed by atoms with Crippen molar-refractivity contribution >= 4 is 0 Å². The van der Waals surface area contributed by atoms with E-state index in [0.29, 0.717) is 0 Å². The van der Waals surface area contributed by atoms with Crippen LogP contribution in [0, 0.1) is 6.92 Å². The SMILES string of the molecule is [CH2]CCOC(C)(C)CCC. The molecule has 0 amide bonds. The zero-order valence-electron chi connectivity index (χ0n) is 7.44. The summed E-state index contributed by atoms with van der Waals surface area (Å²) in [7, 11) is 0. The predicted molar refractivity (Wildman–Crippen MR) is 44.9 cm³/mol. The van der Waals surface area contributed by atoms with Crippen molar-refractivity contribution in [3.05, 3.63) is 6.92 Å². The first-order chi connectivity index (χ1) is 4.62. The molecule has 0 N–H and O–H groups in total. The van der Waals surface area contributed by atoms with E-state index in [4.69, 9.17) is 4.74 Å². The summed E-state index contributed by atoms with van der Waals surface area (Å²) in [5.41, 5.74) is 0.0619. The summed E-state index contributed by atoms with van der Waals surface area (Å²) in [6.45, 7) is 10.9. The van der Waals surface area contributed by atoms with Crippen LogP contribution in [-0.2, 0) is 4.74 Å². The molecule has 61 valence electrons. The molecule has 0 rings (SSSR count). The minimum atomic E-state index is 0.0619. The third-order valence-corrected chi connectivity index (χ3v) is 1.49. The Morgan fingerprint density at radius 3 is 2.40 bits per heavy atom. The van der Waals surface area contributed by atoms with Crippen molar-refractivity contribution < 1.29 is 4.74 Å². The van der Waals surface area contributed by atoms with Gasteiger partial charge in [0.1, 0.15) is 0 Å². The first kappa shape index (κ1) is 9.96. The fraction of sp³-hybridized carbons (Fsp3) is 0.889. The highest BCUT2D eigenvalue weighted by Gasteiger charge is 2.15. The van der Waals surface area contributed by atoms with Crippen LogP contribution in [-0.4, -0.2) is 12.2 Å². The maximum Gasteiger partial charge on any atom is 0.0626 e. The van der Waals surface area contributed by atoms with Gasteiger partial charge in [-0.1, -0.05) is 20.3 Å². The Kier molecular flexibility index (Phi) is 4.71. The normalized spacial score (nSPS) is 12.0. The average molecular weight is 143 g/mol. The topological polar surface area (TPSA) is 9.23 Å². The number of ether oxygens (including phenoxy) is 1. The largest absolute Gasteiger partial charge is 0.376 e. The van der Waals surface area contributed by atoms with E-state index in [1.807, 2.05) is 0 Å². The van der Waals surface area contributed by atoms with E-state index >= 15 is 0 Å². The minimum absolute atomic E-state index is 0.0619. The Bertz CT molecular complexity index is 76.8. The Balaban J connectivity index is 3.42. The highest BCUT2D eigenvalue weighted by Crippen LogP contribution is 2.15. The highest BCUT2D eigenvalue weighted by atomic mass is 16.5. The van der Waals surface area contributed by atoms with Gasteiger partial charge in [0.15, 0.2) is 0 Å². The maximum absolute atomic E-state index is 5.56. The zero-order valence-corrected chi connectivity index (χ0v) is 7.44. The van der Waals surface area contributed by atoms with E-state index < -0.39 is 0 Å². The molecule has 0 aliphatic rings. The fourth-order valence-corrected chi connectivity index (χ4v) is 1.02. The summed E-state index contributed by atoms with van der Waals surface area (Å²) in [5.74, 6) is 0. The lowest BCUT2D eigenvalue weighted by atomic mass is 10.0. The lowest BCUT2D eigenvalue weighted by Crippen LogP contribution is -2.24. The van der Waals surface area contributed by atoms with Gasteiger partial charge in [-0.3, -0.25) is 0 Å². The van der Waals surface area contributed by atoms with Gasteiger partial charge in [0.25, 0.3) is 0 Å². The Labute approximate surface area is 64.8 Å². The summed E-state index contributed by atoms with van der Waals surface area (Å²) in [5, 5.41) is 0. The van der Waals surface area contributed by atoms with Gasteiger partial charge in [0.2, 0.25) is 0 Å². The zero-order chi connectivity index (χ0) is 8.04. The standard InChI is InChI=1S/C9H19O/c1-5-7-9(3,4)10-8-6-2/h2,5-8H2,1,3-4H3. The first-order valence-electron chi connectivity index (χ1n) is 4.05. The van der Waals surface area contributed by atoms with Crippen molar-refractivity contribution in [2.75, 3.05) is 6.61 Å². The Hall–Kier alpha value is -0.0400. The molecule has 0 aromatic heterocycles. The number of hydrogen-bond donors (Lipinski definition) is 0. The average Bonchev–Trinajstić information content (AvgIpc) is 1.84. The van der Waals surface area contributed by atoms with Crippen molar-refractivity contribution in [2.45, 2.75) is 45.6 Å². The van der Waals surface area contributed by atoms with Crippen LogP contribution in [0.3, 0.4) is 0 Å². The molecule has 0 fully saturated rings. The molecule has 0 atom stereocenters. The van der Waals surface area contributed by atoms with E-state index in [0.717, 1.165) is 19.4 Å². The minimum Gasteiger partial charge on any atom is -0.376 e. The van der Waals surface area contributed by atoms with Crippen LogP contribution in [0.5, 0.6) is 0 Å². The van der Waals surface area contributed by atoms with Crippen LogP contribution in [0.4, 0.5) is 0 Å². The van der Waals surface area contributed by atoms with E-state index in [1.54, 1.807) is 0 Å². The van der Waals surface area contributed by atoms with Crippen molar-refractivity contribution in [2.24, 2.45) is 0 Å². The molecule has 0 unspecified atom stereocenters. The lowest BCUT2D eigenvalue weighted by Gasteiger charge is -2.24. The molecule has 0 saturated heterocycles. The molecule has 1 heteroatoms. The van der Waals surface area contributed by atoms with E-state index in [2.05, 4.69) is 27.7 Å². The molecule has 10 heavy (non-hydrogen) atoms. The van der Waals surface area contributed by atoms with Gasteiger partial charge in [-0.2, -0.15) is 0 Å². The summed E-state index contributed by atoms with van der Waals surface area (Å²) in [6, 6.07) is 0. The molecule has 0 heterocycles. The van der Waals surface area contributed by atoms with Crippen LogP contribution >= 0.6 is 0 Å². The van der Waals surface area contributed by atoms with Gasteiger partial charge in [0, 0.05) is 6.61 Å². The molecule has 0 aliphatic heterocycles. The fourth-order valence-electron chi connectivity index (χ4n) is 1.02. The molecule has 0 aromatic rings. The molecular weight excluding hydrogens is 124 g/mol. The second-order valence-corrected chi connectivity index (χ2v) is 3.21. The van der Waals surface area contributed by atoms with Crippen LogP contribution in [0.1, 0.15) is 40.0 Å². The lowest BCUT2D eigenvalue weighted by molar-refractivity contribution is -0.0216. The number of hydrogen-bond acceptors (Lipinski definition) is 1. The Morgan fingerprint density at radius 1 is 1.40 bits per heavy atom. The predicted octanol–water partition coefficient (Wildman–Crippen LogP) is 2.81. The molecule has 0 bridgehead atoms. The highest BCUT2D eigenvalue weighted by molar-refractivity contribution is 4.66.